The molecule has 2 heteroatoms. The van der Waals surface area contributed by atoms with E-state index < -0.39 is 0 Å². The fraction of sp³-hybridized carbons (Fsp3) is 0.500. The topological polar surface area (TPSA) is 23.5 Å². The zero-order valence-electron chi connectivity index (χ0n) is 8.77. The van der Waals surface area contributed by atoms with Gasteiger partial charge in [0.1, 0.15) is 0 Å². The smallest absolute Gasteiger partial charge is 0.0836 e. The first kappa shape index (κ1) is 9.69. The summed E-state index contributed by atoms with van der Waals surface area (Å²) in [7, 11) is 4.10. The number of hydrogen-bond donors (Lipinski definition) is 1. The minimum Gasteiger partial charge on any atom is -0.388 e. The predicted octanol–water partition coefficient (Wildman–Crippen LogP) is 1.45. The highest BCUT2D eigenvalue weighted by Gasteiger charge is 2.30. The van der Waals surface area contributed by atoms with Gasteiger partial charge in [0.25, 0.3) is 0 Å². The van der Waals surface area contributed by atoms with Crippen molar-refractivity contribution in [2.45, 2.75) is 12.5 Å². The van der Waals surface area contributed by atoms with Crippen molar-refractivity contribution in [2.75, 3.05) is 20.6 Å². The van der Waals surface area contributed by atoms with Crippen LogP contribution in [0.2, 0.25) is 0 Å². The zero-order valence-corrected chi connectivity index (χ0v) is 8.77. The Balaban J connectivity index is 2.17. The van der Waals surface area contributed by atoms with Gasteiger partial charge in [-0.3, -0.25) is 0 Å². The van der Waals surface area contributed by atoms with Crippen molar-refractivity contribution in [3.05, 3.63) is 35.4 Å². The van der Waals surface area contributed by atoms with Crippen LogP contribution in [-0.2, 0) is 6.42 Å². The Morgan fingerprint density at radius 1 is 1.36 bits per heavy atom. The second-order valence-electron chi connectivity index (χ2n) is 4.37. The minimum absolute atomic E-state index is 0.270. The van der Waals surface area contributed by atoms with Gasteiger partial charge in [-0.15, -0.1) is 0 Å². The molecular formula is C12H17NO. The summed E-state index contributed by atoms with van der Waals surface area (Å²) in [5, 5.41) is 10.1. The molecule has 0 radical (unpaired) electrons. The second-order valence-corrected chi connectivity index (χ2v) is 4.37. The Morgan fingerprint density at radius 3 is 2.71 bits per heavy atom. The average molecular weight is 191 g/mol. The van der Waals surface area contributed by atoms with E-state index in [4.69, 9.17) is 0 Å². The van der Waals surface area contributed by atoms with Crippen LogP contribution in [0.4, 0.5) is 0 Å². The molecule has 0 spiro atoms. The summed E-state index contributed by atoms with van der Waals surface area (Å²) in [4.78, 5) is 2.14. The zero-order chi connectivity index (χ0) is 10.1. The minimum atomic E-state index is -0.270. The van der Waals surface area contributed by atoms with Crippen molar-refractivity contribution < 1.29 is 5.11 Å². The van der Waals surface area contributed by atoms with Crippen molar-refractivity contribution in [3.63, 3.8) is 0 Å². The number of nitrogens with zero attached hydrogens (tertiary/aromatic N) is 1. The van der Waals surface area contributed by atoms with Crippen LogP contribution in [-0.4, -0.2) is 30.6 Å². The van der Waals surface area contributed by atoms with E-state index in [-0.39, 0.29) is 6.10 Å². The molecule has 0 unspecified atom stereocenters. The number of rotatable bonds is 2. The molecule has 0 saturated heterocycles. The van der Waals surface area contributed by atoms with Gasteiger partial charge in [0.05, 0.1) is 6.10 Å². The van der Waals surface area contributed by atoms with Crippen LogP contribution in [0.5, 0.6) is 0 Å². The molecule has 0 aliphatic heterocycles. The molecule has 0 fully saturated rings. The Bertz CT molecular complexity index is 322. The number of hydrogen-bond acceptors (Lipinski definition) is 2. The van der Waals surface area contributed by atoms with E-state index in [0.29, 0.717) is 5.92 Å². The lowest BCUT2D eigenvalue weighted by atomic mass is 10.0. The van der Waals surface area contributed by atoms with E-state index >= 15 is 0 Å². The Labute approximate surface area is 85.2 Å². The lowest BCUT2D eigenvalue weighted by Crippen LogP contribution is -2.24. The van der Waals surface area contributed by atoms with Gasteiger partial charge >= 0.3 is 0 Å². The highest BCUT2D eigenvalue weighted by atomic mass is 16.3. The number of benzene rings is 1. The second kappa shape index (κ2) is 3.71. The number of fused-ring (bicyclic) bond motifs is 1. The fourth-order valence-electron chi connectivity index (χ4n) is 2.29. The van der Waals surface area contributed by atoms with Crippen molar-refractivity contribution in [1.82, 2.24) is 4.90 Å². The van der Waals surface area contributed by atoms with Gasteiger partial charge in [0, 0.05) is 12.5 Å². The summed E-state index contributed by atoms with van der Waals surface area (Å²) in [6, 6.07) is 8.20. The maximum Gasteiger partial charge on any atom is 0.0836 e. The molecular weight excluding hydrogens is 174 g/mol. The summed E-state index contributed by atoms with van der Waals surface area (Å²) in [5.41, 5.74) is 2.44. The lowest BCUT2D eigenvalue weighted by Gasteiger charge is -2.19. The van der Waals surface area contributed by atoms with Crippen LogP contribution in [0.3, 0.4) is 0 Å². The van der Waals surface area contributed by atoms with Crippen molar-refractivity contribution in [3.8, 4) is 0 Å². The van der Waals surface area contributed by atoms with E-state index in [1.165, 1.54) is 5.56 Å². The maximum absolute atomic E-state index is 10.1. The van der Waals surface area contributed by atoms with E-state index in [0.717, 1.165) is 18.5 Å². The standard InChI is InChI=1S/C12H17NO/c1-13(2)8-10-7-9-5-3-4-6-11(9)12(10)14/h3-6,10,12,14H,7-8H2,1-2H3/t10-,12+/m1/s1. The van der Waals surface area contributed by atoms with Crippen molar-refractivity contribution in [1.29, 1.82) is 0 Å². The van der Waals surface area contributed by atoms with Gasteiger partial charge in [0.15, 0.2) is 0 Å². The van der Waals surface area contributed by atoms with Gasteiger partial charge < -0.3 is 10.0 Å². The summed E-state index contributed by atoms with van der Waals surface area (Å²) in [5.74, 6) is 0.363. The summed E-state index contributed by atoms with van der Waals surface area (Å²) < 4.78 is 0. The molecule has 0 bridgehead atoms. The van der Waals surface area contributed by atoms with Gasteiger partial charge in [-0.25, -0.2) is 0 Å². The molecule has 1 aromatic carbocycles. The lowest BCUT2D eigenvalue weighted by molar-refractivity contribution is 0.105. The molecule has 1 aromatic rings. The third-order valence-electron chi connectivity index (χ3n) is 2.90. The molecule has 0 aromatic heterocycles. The fourth-order valence-corrected chi connectivity index (χ4v) is 2.29. The first-order chi connectivity index (χ1) is 6.68. The van der Waals surface area contributed by atoms with E-state index in [1.54, 1.807) is 0 Å². The largest absolute Gasteiger partial charge is 0.388 e. The summed E-state index contributed by atoms with van der Waals surface area (Å²) >= 11 is 0. The monoisotopic (exact) mass is 191 g/mol. The Kier molecular flexibility index (Phi) is 2.57. The van der Waals surface area contributed by atoms with Crippen LogP contribution in [0.15, 0.2) is 24.3 Å². The molecule has 0 heterocycles. The SMILES string of the molecule is CN(C)C[C@H]1Cc2ccccc2[C@H]1O. The Morgan fingerprint density at radius 2 is 2.07 bits per heavy atom. The molecule has 1 N–H and O–H groups in total. The van der Waals surface area contributed by atoms with Crippen molar-refractivity contribution >= 4 is 0 Å². The molecule has 1 aliphatic carbocycles. The predicted molar refractivity (Wildman–Crippen MR) is 57.1 cm³/mol. The third-order valence-corrected chi connectivity index (χ3v) is 2.90. The first-order valence-electron chi connectivity index (χ1n) is 5.09. The molecule has 14 heavy (non-hydrogen) atoms. The number of aliphatic hydroxyl groups excluding tert-OH is 1. The summed E-state index contributed by atoms with van der Waals surface area (Å²) in [6.07, 6.45) is 0.740. The van der Waals surface area contributed by atoms with Gasteiger partial charge in [-0.05, 0) is 31.6 Å². The van der Waals surface area contributed by atoms with Crippen LogP contribution >= 0.6 is 0 Å². The van der Waals surface area contributed by atoms with Crippen molar-refractivity contribution in [2.24, 2.45) is 5.92 Å². The van der Waals surface area contributed by atoms with Crippen LogP contribution in [0, 0.1) is 5.92 Å². The molecule has 0 saturated carbocycles. The van der Waals surface area contributed by atoms with Crippen LogP contribution in [0.1, 0.15) is 17.2 Å². The highest BCUT2D eigenvalue weighted by molar-refractivity contribution is 5.34. The highest BCUT2D eigenvalue weighted by Crippen LogP contribution is 2.35. The average Bonchev–Trinajstić information content (AvgIpc) is 2.44. The normalized spacial score (nSPS) is 25.4. The van der Waals surface area contributed by atoms with Crippen LogP contribution < -0.4 is 0 Å². The molecule has 2 nitrogen and oxygen atoms in total. The van der Waals surface area contributed by atoms with Gasteiger partial charge in [-0.2, -0.15) is 0 Å². The van der Waals surface area contributed by atoms with Gasteiger partial charge in [-0.1, -0.05) is 24.3 Å². The van der Waals surface area contributed by atoms with E-state index in [9.17, 15) is 5.11 Å². The van der Waals surface area contributed by atoms with E-state index in [2.05, 4.69) is 25.1 Å². The Hall–Kier alpha value is -0.860. The first-order valence-corrected chi connectivity index (χ1v) is 5.09. The molecule has 76 valence electrons. The quantitative estimate of drug-likeness (QED) is 0.765. The summed E-state index contributed by atoms with van der Waals surface area (Å²) in [6.45, 7) is 0.954. The molecule has 2 atom stereocenters. The third kappa shape index (κ3) is 1.68. The maximum atomic E-state index is 10.1. The van der Waals surface area contributed by atoms with E-state index in [1.807, 2.05) is 18.2 Å². The molecule has 1 aliphatic rings. The molecule has 0 amide bonds. The molecule has 2 rings (SSSR count). The van der Waals surface area contributed by atoms with Gasteiger partial charge in [0.2, 0.25) is 0 Å². The van der Waals surface area contributed by atoms with Crippen LogP contribution in [0.25, 0.3) is 0 Å². The number of aliphatic hydroxyl groups is 1.